The molecule has 1 rings (SSSR count). The van der Waals surface area contributed by atoms with Crippen LogP contribution >= 0.6 is 15.9 Å². The topological polar surface area (TPSA) is 29.3 Å². The summed E-state index contributed by atoms with van der Waals surface area (Å²) in [7, 11) is 0. The van der Waals surface area contributed by atoms with Gasteiger partial charge in [0.25, 0.3) is 0 Å². The molecule has 0 aliphatic heterocycles. The van der Waals surface area contributed by atoms with Gasteiger partial charge in [0, 0.05) is 23.1 Å². The standard InChI is InChI=1S/C14H23BrN2/c1-4-17(11(2)3)10-9-14(16)12-5-7-13(15)8-6-12/h5-8,11,14H,4,9-10,16H2,1-3H3. The van der Waals surface area contributed by atoms with Crippen molar-refractivity contribution >= 4 is 15.9 Å². The van der Waals surface area contributed by atoms with Crippen LogP contribution in [0.5, 0.6) is 0 Å². The maximum atomic E-state index is 6.21. The Morgan fingerprint density at radius 3 is 2.29 bits per heavy atom. The van der Waals surface area contributed by atoms with Gasteiger partial charge in [0.05, 0.1) is 0 Å². The number of hydrogen-bond donors (Lipinski definition) is 1. The predicted octanol–water partition coefficient (Wildman–Crippen LogP) is 3.57. The van der Waals surface area contributed by atoms with Crippen LogP contribution in [0.2, 0.25) is 0 Å². The van der Waals surface area contributed by atoms with Crippen molar-refractivity contribution in [1.82, 2.24) is 4.90 Å². The fraction of sp³-hybridized carbons (Fsp3) is 0.571. The first-order chi connectivity index (χ1) is 8.04. The Morgan fingerprint density at radius 2 is 1.82 bits per heavy atom. The van der Waals surface area contributed by atoms with Crippen LogP contribution in [0.1, 0.15) is 38.8 Å². The molecule has 0 amide bonds. The molecule has 0 bridgehead atoms. The molecule has 1 atom stereocenters. The molecule has 0 radical (unpaired) electrons. The Kier molecular flexibility index (Phi) is 6.17. The zero-order chi connectivity index (χ0) is 12.8. The summed E-state index contributed by atoms with van der Waals surface area (Å²) in [6, 6.07) is 9.03. The zero-order valence-corrected chi connectivity index (χ0v) is 12.6. The molecule has 1 unspecified atom stereocenters. The molecule has 2 nitrogen and oxygen atoms in total. The summed E-state index contributed by atoms with van der Waals surface area (Å²) in [6.07, 6.45) is 1.01. The summed E-state index contributed by atoms with van der Waals surface area (Å²) in [5.74, 6) is 0. The molecule has 0 saturated heterocycles. The highest BCUT2D eigenvalue weighted by molar-refractivity contribution is 9.10. The van der Waals surface area contributed by atoms with Crippen molar-refractivity contribution in [3.8, 4) is 0 Å². The maximum Gasteiger partial charge on any atom is 0.0307 e. The molecule has 1 aromatic rings. The van der Waals surface area contributed by atoms with E-state index in [9.17, 15) is 0 Å². The minimum absolute atomic E-state index is 0.135. The van der Waals surface area contributed by atoms with Crippen molar-refractivity contribution in [3.63, 3.8) is 0 Å². The number of nitrogens with two attached hydrogens (primary N) is 1. The Bertz CT molecular complexity index is 321. The lowest BCUT2D eigenvalue weighted by molar-refractivity contribution is 0.225. The van der Waals surface area contributed by atoms with Crippen molar-refractivity contribution in [3.05, 3.63) is 34.3 Å². The van der Waals surface area contributed by atoms with E-state index in [0.717, 1.165) is 24.0 Å². The highest BCUT2D eigenvalue weighted by Gasteiger charge is 2.10. The second kappa shape index (κ2) is 7.14. The molecule has 2 N–H and O–H groups in total. The van der Waals surface area contributed by atoms with Gasteiger partial charge in [0.15, 0.2) is 0 Å². The maximum absolute atomic E-state index is 6.21. The van der Waals surface area contributed by atoms with E-state index in [0.29, 0.717) is 6.04 Å². The quantitative estimate of drug-likeness (QED) is 0.870. The highest BCUT2D eigenvalue weighted by atomic mass is 79.9. The van der Waals surface area contributed by atoms with E-state index in [2.05, 4.69) is 65.9 Å². The third-order valence-electron chi connectivity index (χ3n) is 3.16. The van der Waals surface area contributed by atoms with Gasteiger partial charge in [-0.05, 0) is 44.5 Å². The van der Waals surface area contributed by atoms with Crippen molar-refractivity contribution in [1.29, 1.82) is 0 Å². The van der Waals surface area contributed by atoms with E-state index in [1.165, 1.54) is 5.56 Å². The number of hydrogen-bond acceptors (Lipinski definition) is 2. The molecular weight excluding hydrogens is 276 g/mol. The van der Waals surface area contributed by atoms with Gasteiger partial charge in [-0.3, -0.25) is 0 Å². The molecule has 0 aliphatic carbocycles. The van der Waals surface area contributed by atoms with E-state index < -0.39 is 0 Å². The zero-order valence-electron chi connectivity index (χ0n) is 11.0. The summed E-state index contributed by atoms with van der Waals surface area (Å²) >= 11 is 3.44. The molecule has 0 aromatic heterocycles. The molecule has 0 aliphatic rings. The molecule has 0 fully saturated rings. The van der Waals surface area contributed by atoms with Crippen molar-refractivity contribution in [2.75, 3.05) is 13.1 Å². The largest absolute Gasteiger partial charge is 0.324 e. The lowest BCUT2D eigenvalue weighted by atomic mass is 10.0. The molecule has 1 aromatic carbocycles. The molecule has 0 spiro atoms. The minimum Gasteiger partial charge on any atom is -0.324 e. The molecule has 96 valence electrons. The van der Waals surface area contributed by atoms with Crippen molar-refractivity contribution < 1.29 is 0 Å². The van der Waals surface area contributed by atoms with Gasteiger partial charge in [0.1, 0.15) is 0 Å². The van der Waals surface area contributed by atoms with E-state index >= 15 is 0 Å². The summed E-state index contributed by atoms with van der Waals surface area (Å²) < 4.78 is 1.10. The summed E-state index contributed by atoms with van der Waals surface area (Å²) in [5.41, 5.74) is 7.42. The van der Waals surface area contributed by atoms with Gasteiger partial charge in [-0.25, -0.2) is 0 Å². The van der Waals surface area contributed by atoms with Gasteiger partial charge in [0.2, 0.25) is 0 Å². The fourth-order valence-corrected chi connectivity index (χ4v) is 2.23. The molecule has 3 heteroatoms. The fourth-order valence-electron chi connectivity index (χ4n) is 1.96. The molecule has 17 heavy (non-hydrogen) atoms. The normalized spacial score (nSPS) is 13.4. The minimum atomic E-state index is 0.135. The molecule has 0 saturated carbocycles. The second-order valence-electron chi connectivity index (χ2n) is 4.67. The van der Waals surface area contributed by atoms with Crippen LogP contribution in [-0.2, 0) is 0 Å². The Morgan fingerprint density at radius 1 is 1.24 bits per heavy atom. The summed E-state index contributed by atoms with van der Waals surface area (Å²) in [5, 5.41) is 0. The SMILES string of the molecule is CCN(CCC(N)c1ccc(Br)cc1)C(C)C. The molecule has 0 heterocycles. The average molecular weight is 299 g/mol. The number of halogens is 1. The van der Waals surface area contributed by atoms with E-state index in [-0.39, 0.29) is 6.04 Å². The van der Waals surface area contributed by atoms with Gasteiger partial charge in [-0.2, -0.15) is 0 Å². The first-order valence-electron chi connectivity index (χ1n) is 6.29. The Hall–Kier alpha value is -0.380. The Labute approximate surface area is 113 Å². The number of rotatable bonds is 6. The monoisotopic (exact) mass is 298 g/mol. The molecular formula is C14H23BrN2. The summed E-state index contributed by atoms with van der Waals surface area (Å²) in [4.78, 5) is 2.44. The van der Waals surface area contributed by atoms with Crippen LogP contribution in [0.3, 0.4) is 0 Å². The van der Waals surface area contributed by atoms with Crippen LogP contribution in [0.25, 0.3) is 0 Å². The van der Waals surface area contributed by atoms with E-state index in [1.54, 1.807) is 0 Å². The predicted molar refractivity (Wildman–Crippen MR) is 78.1 cm³/mol. The highest BCUT2D eigenvalue weighted by Crippen LogP contribution is 2.18. The lowest BCUT2D eigenvalue weighted by Crippen LogP contribution is -2.33. The number of nitrogens with zero attached hydrogens (tertiary/aromatic N) is 1. The lowest BCUT2D eigenvalue weighted by Gasteiger charge is -2.26. The van der Waals surface area contributed by atoms with E-state index in [4.69, 9.17) is 5.73 Å². The van der Waals surface area contributed by atoms with Crippen LogP contribution in [0, 0.1) is 0 Å². The van der Waals surface area contributed by atoms with Crippen LogP contribution < -0.4 is 5.73 Å². The summed E-state index contributed by atoms with van der Waals surface area (Å²) in [6.45, 7) is 8.81. The van der Waals surface area contributed by atoms with Crippen molar-refractivity contribution in [2.24, 2.45) is 5.73 Å². The third-order valence-corrected chi connectivity index (χ3v) is 3.69. The Balaban J connectivity index is 2.49. The first kappa shape index (κ1) is 14.7. The van der Waals surface area contributed by atoms with Crippen LogP contribution in [-0.4, -0.2) is 24.0 Å². The van der Waals surface area contributed by atoms with Gasteiger partial charge < -0.3 is 10.6 Å². The number of benzene rings is 1. The van der Waals surface area contributed by atoms with Gasteiger partial charge >= 0.3 is 0 Å². The van der Waals surface area contributed by atoms with Crippen LogP contribution in [0.15, 0.2) is 28.7 Å². The van der Waals surface area contributed by atoms with E-state index in [1.807, 2.05) is 0 Å². The average Bonchev–Trinajstić information content (AvgIpc) is 2.30. The van der Waals surface area contributed by atoms with Gasteiger partial charge in [-0.15, -0.1) is 0 Å². The van der Waals surface area contributed by atoms with Crippen LogP contribution in [0.4, 0.5) is 0 Å². The second-order valence-corrected chi connectivity index (χ2v) is 5.58. The first-order valence-corrected chi connectivity index (χ1v) is 7.09. The smallest absolute Gasteiger partial charge is 0.0307 e. The van der Waals surface area contributed by atoms with Gasteiger partial charge in [-0.1, -0.05) is 35.0 Å². The third kappa shape index (κ3) is 4.78. The van der Waals surface area contributed by atoms with Crippen molar-refractivity contribution in [2.45, 2.75) is 39.3 Å².